The second kappa shape index (κ2) is 6.92. The minimum Gasteiger partial charge on any atom is -0.368 e. The number of hydrogen-bond donors (Lipinski definition) is 3. The van der Waals surface area contributed by atoms with Crippen LogP contribution in [-0.2, 0) is 11.2 Å². The SMILES string of the molecule is NC(=O)[C@@H](Cc1c[nH]c2ccccc12)NC(=O)c1cccc2cccnc12. The number of amides is 2. The number of para-hydroxylation sites is 2. The van der Waals surface area contributed by atoms with E-state index < -0.39 is 11.9 Å². The van der Waals surface area contributed by atoms with Crippen LogP contribution in [0.2, 0.25) is 0 Å². The third kappa shape index (κ3) is 3.25. The van der Waals surface area contributed by atoms with Gasteiger partial charge in [-0.2, -0.15) is 0 Å². The molecule has 2 aromatic heterocycles. The topological polar surface area (TPSA) is 101 Å². The van der Waals surface area contributed by atoms with Crippen molar-refractivity contribution in [2.24, 2.45) is 5.73 Å². The number of H-pyrrole nitrogens is 1. The Morgan fingerprint density at radius 1 is 1.07 bits per heavy atom. The lowest BCUT2D eigenvalue weighted by atomic mass is 10.0. The molecule has 4 aromatic rings. The van der Waals surface area contributed by atoms with Crippen molar-refractivity contribution in [1.29, 1.82) is 0 Å². The molecule has 0 saturated carbocycles. The second-order valence-electron chi connectivity index (χ2n) is 6.37. The van der Waals surface area contributed by atoms with Gasteiger partial charge in [-0.25, -0.2) is 0 Å². The van der Waals surface area contributed by atoms with Crippen molar-refractivity contribution >= 4 is 33.6 Å². The van der Waals surface area contributed by atoms with E-state index in [-0.39, 0.29) is 5.91 Å². The normalized spacial score (nSPS) is 12.1. The van der Waals surface area contributed by atoms with Gasteiger partial charge in [-0.05, 0) is 23.8 Å². The van der Waals surface area contributed by atoms with Gasteiger partial charge in [0.25, 0.3) is 5.91 Å². The Morgan fingerprint density at radius 3 is 2.74 bits per heavy atom. The molecular weight excluding hydrogens is 340 g/mol. The van der Waals surface area contributed by atoms with Gasteiger partial charge in [0.05, 0.1) is 11.1 Å². The van der Waals surface area contributed by atoms with Crippen molar-refractivity contribution in [2.75, 3.05) is 0 Å². The molecule has 2 amide bonds. The van der Waals surface area contributed by atoms with Crippen molar-refractivity contribution in [2.45, 2.75) is 12.5 Å². The Bertz CT molecular complexity index is 1140. The zero-order valence-electron chi connectivity index (χ0n) is 14.5. The fourth-order valence-electron chi connectivity index (χ4n) is 3.27. The molecule has 0 unspecified atom stereocenters. The van der Waals surface area contributed by atoms with E-state index in [1.54, 1.807) is 18.3 Å². The third-order valence-electron chi connectivity index (χ3n) is 4.63. The molecule has 4 N–H and O–H groups in total. The van der Waals surface area contributed by atoms with E-state index in [0.29, 0.717) is 17.5 Å². The van der Waals surface area contributed by atoms with Crippen molar-refractivity contribution in [1.82, 2.24) is 15.3 Å². The van der Waals surface area contributed by atoms with Gasteiger partial charge in [0.15, 0.2) is 0 Å². The summed E-state index contributed by atoms with van der Waals surface area (Å²) in [5.41, 5.74) is 8.46. The van der Waals surface area contributed by atoms with E-state index in [9.17, 15) is 9.59 Å². The standard InChI is InChI=1S/C21H18N4O2/c22-20(26)18(11-14-12-24-17-9-2-1-7-15(14)17)25-21(27)16-8-3-5-13-6-4-10-23-19(13)16/h1-10,12,18,24H,11H2,(H2,22,26)(H,25,27)/t18-/m1/s1. The average molecular weight is 358 g/mol. The second-order valence-corrected chi connectivity index (χ2v) is 6.37. The van der Waals surface area contributed by atoms with E-state index in [0.717, 1.165) is 21.9 Å². The summed E-state index contributed by atoms with van der Waals surface area (Å²) in [5.74, 6) is -0.954. The van der Waals surface area contributed by atoms with E-state index >= 15 is 0 Å². The molecule has 0 aliphatic heterocycles. The predicted octanol–water partition coefficient (Wildman–Crippen LogP) is 2.54. The number of benzene rings is 2. The van der Waals surface area contributed by atoms with Crippen molar-refractivity contribution in [3.63, 3.8) is 0 Å². The number of nitrogens with zero attached hydrogens (tertiary/aromatic N) is 1. The van der Waals surface area contributed by atoms with Gasteiger partial charge in [0.2, 0.25) is 5.91 Å². The van der Waals surface area contributed by atoms with Crippen LogP contribution in [0, 0.1) is 0 Å². The first-order valence-corrected chi connectivity index (χ1v) is 8.62. The highest BCUT2D eigenvalue weighted by atomic mass is 16.2. The van der Waals surface area contributed by atoms with Crippen LogP contribution in [0.4, 0.5) is 0 Å². The van der Waals surface area contributed by atoms with Gasteiger partial charge in [0, 0.05) is 35.1 Å². The Hall–Kier alpha value is -3.67. The van der Waals surface area contributed by atoms with Crippen LogP contribution in [0.25, 0.3) is 21.8 Å². The fourth-order valence-corrected chi connectivity index (χ4v) is 3.27. The molecule has 134 valence electrons. The Morgan fingerprint density at radius 2 is 1.89 bits per heavy atom. The molecule has 0 radical (unpaired) electrons. The number of nitrogens with two attached hydrogens (primary N) is 1. The van der Waals surface area contributed by atoms with Crippen molar-refractivity contribution in [3.05, 3.63) is 78.1 Å². The maximum atomic E-state index is 12.8. The zero-order chi connectivity index (χ0) is 18.8. The van der Waals surface area contributed by atoms with Gasteiger partial charge in [0.1, 0.15) is 6.04 Å². The van der Waals surface area contributed by atoms with Crippen LogP contribution < -0.4 is 11.1 Å². The Balaban J connectivity index is 1.61. The Kier molecular flexibility index (Phi) is 4.30. The quantitative estimate of drug-likeness (QED) is 0.511. The molecule has 6 heteroatoms. The van der Waals surface area contributed by atoms with E-state index in [2.05, 4.69) is 15.3 Å². The van der Waals surface area contributed by atoms with Crippen molar-refractivity contribution in [3.8, 4) is 0 Å². The maximum absolute atomic E-state index is 12.8. The molecule has 1 atom stereocenters. The summed E-state index contributed by atoms with van der Waals surface area (Å²) in [4.78, 5) is 32.2. The smallest absolute Gasteiger partial charge is 0.254 e. The van der Waals surface area contributed by atoms with Gasteiger partial charge < -0.3 is 16.0 Å². The summed E-state index contributed by atoms with van der Waals surface area (Å²) < 4.78 is 0. The van der Waals surface area contributed by atoms with E-state index in [4.69, 9.17) is 5.73 Å². The summed E-state index contributed by atoms with van der Waals surface area (Å²) in [6.45, 7) is 0. The molecule has 2 heterocycles. The number of primary amides is 1. The highest BCUT2D eigenvalue weighted by Gasteiger charge is 2.22. The van der Waals surface area contributed by atoms with Gasteiger partial charge >= 0.3 is 0 Å². The third-order valence-corrected chi connectivity index (χ3v) is 4.63. The number of nitrogens with one attached hydrogen (secondary N) is 2. The van der Waals surface area contributed by atoms with Crippen LogP contribution in [0.3, 0.4) is 0 Å². The number of aromatic amines is 1. The highest BCUT2D eigenvalue weighted by molar-refractivity contribution is 6.06. The largest absolute Gasteiger partial charge is 0.368 e. The number of rotatable bonds is 5. The lowest BCUT2D eigenvalue weighted by Gasteiger charge is -2.16. The van der Waals surface area contributed by atoms with Crippen LogP contribution >= 0.6 is 0 Å². The first kappa shape index (κ1) is 16.8. The molecular formula is C21H18N4O2. The number of pyridine rings is 1. The summed E-state index contributed by atoms with van der Waals surface area (Å²) in [5, 5.41) is 4.62. The van der Waals surface area contributed by atoms with E-state index in [1.807, 2.05) is 48.7 Å². The fraction of sp³-hybridized carbons (Fsp3) is 0.0952. The summed E-state index contributed by atoms with van der Waals surface area (Å²) >= 11 is 0. The van der Waals surface area contributed by atoms with Crippen LogP contribution in [0.15, 0.2) is 67.0 Å². The average Bonchev–Trinajstić information content (AvgIpc) is 3.10. The number of fused-ring (bicyclic) bond motifs is 2. The minimum absolute atomic E-state index is 0.309. The maximum Gasteiger partial charge on any atom is 0.254 e. The molecule has 0 aliphatic carbocycles. The molecule has 0 saturated heterocycles. The van der Waals surface area contributed by atoms with Gasteiger partial charge in [-0.3, -0.25) is 14.6 Å². The predicted molar refractivity (Wildman–Crippen MR) is 104 cm³/mol. The zero-order valence-corrected chi connectivity index (χ0v) is 14.5. The van der Waals surface area contributed by atoms with E-state index in [1.165, 1.54) is 0 Å². The molecule has 0 bridgehead atoms. The van der Waals surface area contributed by atoms with Gasteiger partial charge in [-0.1, -0.05) is 36.4 Å². The summed E-state index contributed by atoms with van der Waals surface area (Å²) in [6.07, 6.45) is 3.78. The molecule has 0 spiro atoms. The monoisotopic (exact) mass is 358 g/mol. The van der Waals surface area contributed by atoms with Crippen molar-refractivity contribution < 1.29 is 9.59 Å². The number of aromatic nitrogens is 2. The van der Waals surface area contributed by atoms with Crippen LogP contribution in [0.5, 0.6) is 0 Å². The molecule has 0 fully saturated rings. The molecule has 6 nitrogen and oxygen atoms in total. The lowest BCUT2D eigenvalue weighted by Crippen LogP contribution is -2.45. The number of hydrogen-bond acceptors (Lipinski definition) is 3. The summed E-state index contributed by atoms with van der Waals surface area (Å²) in [6, 6.07) is 16.0. The first-order valence-electron chi connectivity index (χ1n) is 8.62. The lowest BCUT2D eigenvalue weighted by molar-refractivity contribution is -0.119. The molecule has 2 aromatic carbocycles. The number of carbonyl (C=O) groups excluding carboxylic acids is 2. The molecule has 0 aliphatic rings. The minimum atomic E-state index is -0.823. The summed E-state index contributed by atoms with van der Waals surface area (Å²) in [7, 11) is 0. The van der Waals surface area contributed by atoms with Crippen LogP contribution in [-0.4, -0.2) is 27.8 Å². The molecule has 4 rings (SSSR count). The van der Waals surface area contributed by atoms with Gasteiger partial charge in [-0.15, -0.1) is 0 Å². The van der Waals surface area contributed by atoms with Crippen LogP contribution in [0.1, 0.15) is 15.9 Å². The Labute approximate surface area is 155 Å². The molecule has 27 heavy (non-hydrogen) atoms. The highest BCUT2D eigenvalue weighted by Crippen LogP contribution is 2.20. The first-order chi connectivity index (χ1) is 13.1. The number of carbonyl (C=O) groups is 2.